The van der Waals surface area contributed by atoms with Gasteiger partial charge in [-0.3, -0.25) is 0 Å². The lowest BCUT2D eigenvalue weighted by molar-refractivity contribution is -0.484. The van der Waals surface area contributed by atoms with Crippen molar-refractivity contribution in [3.8, 4) is 0 Å². The van der Waals surface area contributed by atoms with Gasteiger partial charge in [0.2, 0.25) is 11.6 Å². The van der Waals surface area contributed by atoms with Gasteiger partial charge in [0, 0.05) is 14.2 Å². The normalized spacial score (nSPS) is 41.9. The summed E-state index contributed by atoms with van der Waals surface area (Å²) in [6.07, 6.45) is -4.47. The molecule has 1 aromatic carbocycles. The van der Waals surface area contributed by atoms with Crippen molar-refractivity contribution < 1.29 is 38.6 Å². The molecule has 0 unspecified atom stereocenters. The molecule has 8 nitrogen and oxygen atoms in total. The molecule has 1 aromatic rings. The third-order valence-corrected chi connectivity index (χ3v) is 5.38. The molecular weight excluding hydrogens is 356 g/mol. The van der Waals surface area contributed by atoms with Crippen LogP contribution in [0.4, 0.5) is 0 Å². The van der Waals surface area contributed by atoms with Gasteiger partial charge in [0.05, 0.1) is 13.2 Å². The topological polar surface area (TPSA) is 95.8 Å². The zero-order valence-corrected chi connectivity index (χ0v) is 16.0. The maximum absolute atomic E-state index is 10.6. The fourth-order valence-electron chi connectivity index (χ4n) is 3.39. The molecule has 7 atom stereocenters. The standard InChI is InChI=1S/C19H28O8/c1-18(22-3)19(2,23-4)27-16-15(26-18)14(21)13(10-20)25-17(16)24-11-12-8-6-5-7-9-12/h5-9,13-17,20-21H,10-11H2,1-4H3/t13-,14-,15+,16-,17+,18-,19-/m1/s1. The van der Waals surface area contributed by atoms with Crippen molar-refractivity contribution in [2.75, 3.05) is 20.8 Å². The zero-order valence-electron chi connectivity index (χ0n) is 16.0. The van der Waals surface area contributed by atoms with E-state index in [1.165, 1.54) is 14.2 Å². The summed E-state index contributed by atoms with van der Waals surface area (Å²) in [6.45, 7) is 3.25. The third kappa shape index (κ3) is 3.76. The monoisotopic (exact) mass is 384 g/mol. The highest BCUT2D eigenvalue weighted by Gasteiger charge is 2.62. The van der Waals surface area contributed by atoms with Crippen molar-refractivity contribution >= 4 is 0 Å². The zero-order chi connectivity index (χ0) is 19.7. The van der Waals surface area contributed by atoms with E-state index in [9.17, 15) is 10.2 Å². The lowest BCUT2D eigenvalue weighted by atomic mass is 9.94. The van der Waals surface area contributed by atoms with Crippen LogP contribution >= 0.6 is 0 Å². The number of methoxy groups -OCH3 is 2. The first kappa shape index (κ1) is 20.6. The quantitative estimate of drug-likeness (QED) is 0.743. The van der Waals surface area contributed by atoms with Gasteiger partial charge in [-0.15, -0.1) is 0 Å². The number of aliphatic hydroxyl groups is 2. The average Bonchev–Trinajstić information content (AvgIpc) is 2.70. The summed E-state index contributed by atoms with van der Waals surface area (Å²) in [5.41, 5.74) is 0.956. The van der Waals surface area contributed by atoms with Crippen LogP contribution in [-0.2, 0) is 35.0 Å². The molecule has 8 heteroatoms. The van der Waals surface area contributed by atoms with Gasteiger partial charge in [-0.05, 0) is 19.4 Å². The largest absolute Gasteiger partial charge is 0.394 e. The maximum atomic E-state index is 10.6. The molecule has 0 amide bonds. The molecule has 2 heterocycles. The summed E-state index contributed by atoms with van der Waals surface area (Å²) in [4.78, 5) is 0. The Morgan fingerprint density at radius 2 is 1.59 bits per heavy atom. The Hall–Kier alpha value is -1.10. The predicted molar refractivity (Wildman–Crippen MR) is 93.6 cm³/mol. The molecule has 0 spiro atoms. The Balaban J connectivity index is 1.83. The molecule has 0 bridgehead atoms. The minimum absolute atomic E-state index is 0.275. The van der Waals surface area contributed by atoms with E-state index in [1.807, 2.05) is 30.3 Å². The van der Waals surface area contributed by atoms with Gasteiger partial charge < -0.3 is 38.6 Å². The molecule has 0 aromatic heterocycles. The van der Waals surface area contributed by atoms with Crippen molar-refractivity contribution in [1.29, 1.82) is 0 Å². The SMILES string of the molecule is CO[C@]1(C)O[C@H]2[C@@H](OCc3ccccc3)O[C@H](CO)[C@@H](O)[C@@H]2O[C@@]1(C)OC. The molecule has 0 aliphatic carbocycles. The number of fused-ring (bicyclic) bond motifs is 1. The number of ether oxygens (including phenoxy) is 6. The van der Waals surface area contributed by atoms with Gasteiger partial charge in [-0.2, -0.15) is 0 Å². The number of aliphatic hydroxyl groups excluding tert-OH is 2. The van der Waals surface area contributed by atoms with E-state index in [4.69, 9.17) is 28.4 Å². The Bertz CT molecular complexity index is 613. The summed E-state index contributed by atoms with van der Waals surface area (Å²) in [7, 11) is 2.96. The third-order valence-electron chi connectivity index (χ3n) is 5.38. The first-order chi connectivity index (χ1) is 12.9. The fraction of sp³-hybridized carbons (Fsp3) is 0.684. The first-order valence-electron chi connectivity index (χ1n) is 8.93. The Morgan fingerprint density at radius 1 is 1.00 bits per heavy atom. The highest BCUT2D eigenvalue weighted by Crippen LogP contribution is 2.43. The van der Waals surface area contributed by atoms with Crippen LogP contribution in [0.1, 0.15) is 19.4 Å². The summed E-state index contributed by atoms with van der Waals surface area (Å²) >= 11 is 0. The molecule has 27 heavy (non-hydrogen) atoms. The fourth-order valence-corrected chi connectivity index (χ4v) is 3.39. The molecular formula is C19H28O8. The highest BCUT2D eigenvalue weighted by molar-refractivity contribution is 5.13. The molecule has 2 aliphatic rings. The Morgan fingerprint density at radius 3 is 2.15 bits per heavy atom. The summed E-state index contributed by atoms with van der Waals surface area (Å²) < 4.78 is 34.9. The lowest BCUT2D eigenvalue weighted by Crippen LogP contribution is -2.73. The van der Waals surface area contributed by atoms with Crippen LogP contribution in [-0.4, -0.2) is 73.3 Å². The van der Waals surface area contributed by atoms with E-state index in [0.717, 1.165) is 5.56 Å². The molecule has 2 aliphatic heterocycles. The Kier molecular flexibility index (Phi) is 6.19. The van der Waals surface area contributed by atoms with Gasteiger partial charge in [0.1, 0.15) is 24.4 Å². The number of benzene rings is 1. The smallest absolute Gasteiger partial charge is 0.220 e. The molecule has 0 radical (unpaired) electrons. The van der Waals surface area contributed by atoms with Crippen LogP contribution < -0.4 is 0 Å². The van der Waals surface area contributed by atoms with Gasteiger partial charge in [0.25, 0.3) is 0 Å². The van der Waals surface area contributed by atoms with Gasteiger partial charge in [0.15, 0.2) is 6.29 Å². The molecule has 3 rings (SSSR count). The van der Waals surface area contributed by atoms with Crippen molar-refractivity contribution in [1.82, 2.24) is 0 Å². The van der Waals surface area contributed by atoms with Crippen LogP contribution in [0.5, 0.6) is 0 Å². The maximum Gasteiger partial charge on any atom is 0.220 e. The summed E-state index contributed by atoms with van der Waals surface area (Å²) in [5, 5.41) is 20.2. The van der Waals surface area contributed by atoms with Gasteiger partial charge in [-0.25, -0.2) is 0 Å². The van der Waals surface area contributed by atoms with E-state index < -0.39 is 42.3 Å². The van der Waals surface area contributed by atoms with Crippen molar-refractivity contribution in [2.24, 2.45) is 0 Å². The second-order valence-electron chi connectivity index (χ2n) is 6.98. The molecule has 2 saturated heterocycles. The van der Waals surface area contributed by atoms with Gasteiger partial charge in [-0.1, -0.05) is 30.3 Å². The van der Waals surface area contributed by atoms with E-state index in [-0.39, 0.29) is 13.2 Å². The van der Waals surface area contributed by atoms with Crippen molar-refractivity contribution in [3.63, 3.8) is 0 Å². The van der Waals surface area contributed by atoms with E-state index in [1.54, 1.807) is 13.8 Å². The number of rotatable bonds is 6. The molecule has 0 saturated carbocycles. The number of hydrogen-bond donors (Lipinski definition) is 2. The summed E-state index contributed by atoms with van der Waals surface area (Å²) in [5.74, 6) is -2.53. The van der Waals surface area contributed by atoms with Crippen LogP contribution in [0, 0.1) is 0 Å². The first-order valence-corrected chi connectivity index (χ1v) is 8.93. The van der Waals surface area contributed by atoms with Crippen LogP contribution in [0.2, 0.25) is 0 Å². The number of hydrogen-bond acceptors (Lipinski definition) is 8. The average molecular weight is 384 g/mol. The van der Waals surface area contributed by atoms with E-state index >= 15 is 0 Å². The van der Waals surface area contributed by atoms with Gasteiger partial charge >= 0.3 is 0 Å². The van der Waals surface area contributed by atoms with E-state index in [2.05, 4.69) is 0 Å². The predicted octanol–water partition coefficient (Wildman–Crippen LogP) is 0.790. The van der Waals surface area contributed by atoms with Crippen molar-refractivity contribution in [2.45, 2.75) is 62.7 Å². The lowest BCUT2D eigenvalue weighted by Gasteiger charge is -2.56. The van der Waals surface area contributed by atoms with Crippen molar-refractivity contribution in [3.05, 3.63) is 35.9 Å². The molecule has 2 N–H and O–H groups in total. The minimum atomic E-state index is -1.27. The van der Waals surface area contributed by atoms with Crippen LogP contribution in [0.25, 0.3) is 0 Å². The second-order valence-corrected chi connectivity index (χ2v) is 6.98. The minimum Gasteiger partial charge on any atom is -0.394 e. The Labute approximate surface area is 158 Å². The van der Waals surface area contributed by atoms with Crippen LogP contribution in [0.15, 0.2) is 30.3 Å². The second kappa shape index (κ2) is 8.10. The molecule has 152 valence electrons. The van der Waals surface area contributed by atoms with Crippen LogP contribution in [0.3, 0.4) is 0 Å². The summed E-state index contributed by atoms with van der Waals surface area (Å²) in [6, 6.07) is 9.60. The highest BCUT2D eigenvalue weighted by atomic mass is 16.8. The van der Waals surface area contributed by atoms with E-state index in [0.29, 0.717) is 0 Å². The molecule has 2 fully saturated rings.